The van der Waals surface area contributed by atoms with E-state index >= 15 is 0 Å². The van der Waals surface area contributed by atoms with Gasteiger partial charge in [0, 0.05) is 48.5 Å². The van der Waals surface area contributed by atoms with Crippen LogP contribution in [-0.2, 0) is 39.8 Å². The van der Waals surface area contributed by atoms with Crippen LogP contribution >= 0.6 is 0 Å². The number of primary amides is 1. The van der Waals surface area contributed by atoms with Crippen molar-refractivity contribution in [2.45, 2.75) is 96.0 Å². The number of carbonyl (C=O) groups is 6. The van der Waals surface area contributed by atoms with Crippen LogP contribution in [0.4, 0.5) is 27.9 Å². The van der Waals surface area contributed by atoms with Gasteiger partial charge in [0.15, 0.2) is 17.3 Å². The number of alkyl carbamates (subject to hydrolysis) is 1. The molecule has 2 aliphatic carbocycles. The van der Waals surface area contributed by atoms with Crippen molar-refractivity contribution in [1.82, 2.24) is 30.0 Å². The fourth-order valence-electron chi connectivity index (χ4n) is 8.45. The second-order valence-corrected chi connectivity index (χ2v) is 17.7. The van der Waals surface area contributed by atoms with Gasteiger partial charge in [-0.25, -0.2) is 4.79 Å². The fraction of sp³-hybridized carbons (Fsp3) is 0.511. The predicted molar refractivity (Wildman–Crippen MR) is 249 cm³/mol. The summed E-state index contributed by atoms with van der Waals surface area (Å²) in [5.74, 6) is -2.09. The molecule has 21 nitrogen and oxygen atoms in total. The van der Waals surface area contributed by atoms with Crippen molar-refractivity contribution in [1.29, 1.82) is 0 Å². The molecule has 3 heterocycles. The van der Waals surface area contributed by atoms with Crippen LogP contribution in [-0.4, -0.2) is 143 Å². The first-order valence-corrected chi connectivity index (χ1v) is 23.0. The molecule has 0 bridgehead atoms. The minimum Gasteiger partial charge on any atom is -0.444 e. The summed E-state index contributed by atoms with van der Waals surface area (Å²) < 4.78 is 30.3. The summed E-state index contributed by atoms with van der Waals surface area (Å²) >= 11 is 0. The minimum atomic E-state index is -0.918. The van der Waals surface area contributed by atoms with Crippen LogP contribution in [0, 0.1) is 0 Å². The molecule has 7 rings (SSSR count). The van der Waals surface area contributed by atoms with Gasteiger partial charge in [-0.3, -0.25) is 28.9 Å². The zero-order chi connectivity index (χ0) is 48.2. The molecule has 2 aromatic carbocycles. The van der Waals surface area contributed by atoms with Crippen molar-refractivity contribution < 1.29 is 52.5 Å². The third kappa shape index (κ3) is 12.7. The van der Waals surface area contributed by atoms with Gasteiger partial charge in [-0.1, -0.05) is 25.0 Å². The van der Waals surface area contributed by atoms with Crippen LogP contribution in [0.1, 0.15) is 96.9 Å². The van der Waals surface area contributed by atoms with E-state index in [-0.39, 0.29) is 65.7 Å². The Bertz CT molecular complexity index is 2470. The number of fused-ring (bicyclic) bond motifs is 2. The van der Waals surface area contributed by atoms with E-state index in [4.69, 9.17) is 29.4 Å². The lowest BCUT2D eigenvalue weighted by atomic mass is 9.90. The molecule has 364 valence electrons. The number of amides is 4. The Balaban J connectivity index is 0.774. The van der Waals surface area contributed by atoms with Crippen molar-refractivity contribution in [3.8, 4) is 0 Å². The summed E-state index contributed by atoms with van der Waals surface area (Å²) in [5.41, 5.74) is 7.49. The smallest absolute Gasteiger partial charge is 0.407 e. The summed E-state index contributed by atoms with van der Waals surface area (Å²) in [7, 11) is 0. The highest BCUT2D eigenvalue weighted by Crippen LogP contribution is 2.34. The monoisotopic (exact) mass is 940 g/mol. The second kappa shape index (κ2) is 23.0. The zero-order valence-electron chi connectivity index (χ0n) is 38.7. The van der Waals surface area contributed by atoms with E-state index < -0.39 is 41.2 Å². The molecule has 2 fully saturated rings. The maximum absolute atomic E-state index is 13.3. The molecule has 1 aliphatic heterocycles. The third-order valence-corrected chi connectivity index (χ3v) is 11.6. The SMILES string of the molecule is CC(C)(C)OC(=O)N[C@H]1CCCC[C@H]1Nc1nnc(C(N)=O)c(Nc2cccc3c2ccn3CCOCCOCCOCCOCCNc2cccc3c2C(=O)N(C2CCC(=O)CC2=O)C3=O)n1. The van der Waals surface area contributed by atoms with Crippen LogP contribution in [0.25, 0.3) is 10.9 Å². The van der Waals surface area contributed by atoms with Crippen LogP contribution in [0.3, 0.4) is 0 Å². The van der Waals surface area contributed by atoms with Crippen molar-refractivity contribution in [2.75, 3.05) is 75.4 Å². The average Bonchev–Trinajstić information content (AvgIpc) is 3.82. The quantitative estimate of drug-likeness (QED) is 0.0392. The lowest BCUT2D eigenvalue weighted by Crippen LogP contribution is -2.50. The largest absolute Gasteiger partial charge is 0.444 e. The van der Waals surface area contributed by atoms with Crippen LogP contribution in [0.5, 0.6) is 0 Å². The Hall–Kier alpha value is -6.55. The van der Waals surface area contributed by atoms with Gasteiger partial charge in [-0.15, -0.1) is 10.2 Å². The van der Waals surface area contributed by atoms with E-state index in [2.05, 4.69) is 41.0 Å². The summed E-state index contributed by atoms with van der Waals surface area (Å²) in [6.45, 7) is 9.43. The molecule has 21 heteroatoms. The number of rotatable bonds is 23. The minimum absolute atomic E-state index is 0.115. The summed E-state index contributed by atoms with van der Waals surface area (Å²) in [5, 5.41) is 21.8. The van der Waals surface area contributed by atoms with Crippen molar-refractivity contribution >= 4 is 69.4 Å². The Morgan fingerprint density at radius 3 is 2.18 bits per heavy atom. The molecule has 68 heavy (non-hydrogen) atoms. The van der Waals surface area contributed by atoms with Gasteiger partial charge < -0.3 is 55.3 Å². The third-order valence-electron chi connectivity index (χ3n) is 11.6. The van der Waals surface area contributed by atoms with E-state index in [1.807, 2.05) is 51.2 Å². The molecule has 2 saturated carbocycles. The lowest BCUT2D eigenvalue weighted by molar-refractivity contribution is -0.132. The van der Waals surface area contributed by atoms with Crippen molar-refractivity contribution in [2.24, 2.45) is 5.73 Å². The normalized spacial score (nSPS) is 18.5. The predicted octanol–water partition coefficient (Wildman–Crippen LogP) is 4.38. The lowest BCUT2D eigenvalue weighted by Gasteiger charge is -2.33. The number of imide groups is 1. The Kier molecular flexibility index (Phi) is 16.7. The van der Waals surface area contributed by atoms with Gasteiger partial charge in [-0.05, 0) is 70.4 Å². The number of nitrogens with zero attached hydrogens (tertiary/aromatic N) is 5. The van der Waals surface area contributed by atoms with Crippen molar-refractivity contribution in [3.63, 3.8) is 0 Å². The van der Waals surface area contributed by atoms with Crippen LogP contribution < -0.4 is 27.0 Å². The van der Waals surface area contributed by atoms with Gasteiger partial charge in [0.1, 0.15) is 11.4 Å². The number of Topliss-reactive ketones (excluding diaryl/α,β-unsaturated/α-hetero) is 2. The Morgan fingerprint density at radius 2 is 1.47 bits per heavy atom. The van der Waals surface area contributed by atoms with Gasteiger partial charge in [-0.2, -0.15) is 4.98 Å². The molecule has 0 radical (unpaired) electrons. The fourth-order valence-corrected chi connectivity index (χ4v) is 8.45. The number of ether oxygens (including phenoxy) is 5. The molecule has 1 unspecified atom stereocenters. The van der Waals surface area contributed by atoms with Gasteiger partial charge >= 0.3 is 6.09 Å². The number of nitrogens with two attached hydrogens (primary N) is 1. The summed E-state index contributed by atoms with van der Waals surface area (Å²) in [6.07, 6.45) is 4.94. The maximum atomic E-state index is 13.3. The maximum Gasteiger partial charge on any atom is 0.407 e. The highest BCUT2D eigenvalue weighted by atomic mass is 16.6. The van der Waals surface area contributed by atoms with Gasteiger partial charge in [0.05, 0.1) is 88.0 Å². The van der Waals surface area contributed by atoms with E-state index in [0.29, 0.717) is 77.3 Å². The van der Waals surface area contributed by atoms with E-state index in [1.54, 1.807) is 18.2 Å². The first-order chi connectivity index (χ1) is 32.8. The zero-order valence-corrected chi connectivity index (χ0v) is 38.7. The van der Waals surface area contributed by atoms with Gasteiger partial charge in [0.25, 0.3) is 17.7 Å². The van der Waals surface area contributed by atoms with Crippen LogP contribution in [0.2, 0.25) is 0 Å². The number of benzene rings is 2. The van der Waals surface area contributed by atoms with E-state index in [0.717, 1.165) is 41.5 Å². The van der Waals surface area contributed by atoms with E-state index in [1.165, 1.54) is 0 Å². The highest BCUT2D eigenvalue weighted by molar-refractivity contribution is 6.25. The molecule has 6 N–H and O–H groups in total. The number of hydrogen-bond acceptors (Lipinski definition) is 17. The van der Waals surface area contributed by atoms with Gasteiger partial charge in [0.2, 0.25) is 5.95 Å². The average molecular weight is 941 g/mol. The molecule has 3 aliphatic rings. The topological polar surface area (TPSA) is 270 Å². The number of hydrogen-bond donors (Lipinski definition) is 5. The van der Waals surface area contributed by atoms with E-state index in [9.17, 15) is 28.8 Å². The van der Waals surface area contributed by atoms with Crippen LogP contribution in [0.15, 0.2) is 48.7 Å². The highest BCUT2D eigenvalue weighted by Gasteiger charge is 2.45. The number of ketones is 2. The Morgan fingerprint density at radius 1 is 0.794 bits per heavy atom. The molecule has 4 amide bonds. The number of nitrogens with one attached hydrogen (secondary N) is 4. The first kappa shape index (κ1) is 49.4. The molecule has 0 saturated heterocycles. The molecule has 4 aromatic rings. The molecular formula is C47H60N10O11. The first-order valence-electron chi connectivity index (χ1n) is 23.0. The number of aromatic nitrogens is 4. The molecule has 3 atom stereocenters. The molecule has 2 aromatic heterocycles. The number of anilines is 4. The second-order valence-electron chi connectivity index (χ2n) is 17.7. The van der Waals surface area contributed by atoms with Crippen molar-refractivity contribution in [3.05, 3.63) is 65.5 Å². The summed E-state index contributed by atoms with van der Waals surface area (Å²) in [6, 6.07) is 11.3. The molecule has 0 spiro atoms. The Labute approximate surface area is 393 Å². The number of carbonyl (C=O) groups excluding carboxylic acids is 6. The molecular weight excluding hydrogens is 881 g/mol. The standard InChI is InChI=1S/C47H60N10O11/c1-47(2,3)68-46(63)52-34-10-5-4-9-33(34)51-45-53-42(40(41(48)60)54-55-45)50-32-11-7-13-36-30(32)16-18-56(36)19-21-65-23-25-67-27-26-66-24-22-64-20-17-49-35-12-6-8-31-39(35)44(62)57(43(31)61)37-15-14-29(58)28-38(37)59/h6-8,11-13,16,18,33-34,37,49H,4-5,9-10,14-15,17,19-28H2,1-3H3,(H2,48,60)(H,52,63)(H2,50,51,53,55)/t33-,34+,37?/m1/s1. The summed E-state index contributed by atoms with van der Waals surface area (Å²) in [4.78, 5) is 81.1.